The lowest BCUT2D eigenvalue weighted by atomic mass is 9.69. The van der Waals surface area contributed by atoms with Crippen molar-refractivity contribution >= 4 is 22.5 Å². The molecule has 132 valence electrons. The normalized spacial score (nSPS) is 21.3. The summed E-state index contributed by atoms with van der Waals surface area (Å²) >= 11 is 0. The Morgan fingerprint density at radius 3 is 2.52 bits per heavy atom. The summed E-state index contributed by atoms with van der Waals surface area (Å²) in [6.07, 6.45) is 3.20. The average Bonchev–Trinajstić information content (AvgIpc) is 2.56. The van der Waals surface area contributed by atoms with Crippen molar-refractivity contribution < 1.29 is 14.3 Å². The monoisotopic (exact) mass is 338 g/mol. The molecule has 1 fully saturated rings. The highest BCUT2D eigenvalue weighted by atomic mass is 16.6. The molecule has 1 aliphatic rings. The number of ketones is 1. The second-order valence-electron chi connectivity index (χ2n) is 8.03. The van der Waals surface area contributed by atoms with E-state index in [9.17, 15) is 9.59 Å². The summed E-state index contributed by atoms with van der Waals surface area (Å²) in [6.45, 7) is 5.55. The first-order chi connectivity index (χ1) is 11.8. The Balaban J connectivity index is 2.03. The third kappa shape index (κ3) is 3.60. The summed E-state index contributed by atoms with van der Waals surface area (Å²) < 4.78 is 5.68. The van der Waals surface area contributed by atoms with Gasteiger partial charge in [-0.3, -0.25) is 9.59 Å². The smallest absolute Gasteiger partial charge is 0.320 e. The van der Waals surface area contributed by atoms with Crippen molar-refractivity contribution in [1.82, 2.24) is 0 Å². The molecule has 2 aromatic carbocycles. The van der Waals surface area contributed by atoms with E-state index in [4.69, 9.17) is 4.74 Å². The minimum atomic E-state index is -1.05. The van der Waals surface area contributed by atoms with Gasteiger partial charge >= 0.3 is 5.97 Å². The molecule has 1 saturated carbocycles. The number of fused-ring (bicyclic) bond motifs is 1. The van der Waals surface area contributed by atoms with Gasteiger partial charge in [0, 0.05) is 6.42 Å². The van der Waals surface area contributed by atoms with Crippen LogP contribution >= 0.6 is 0 Å². The number of carbonyl (C=O) groups is 2. The van der Waals surface area contributed by atoms with Crippen LogP contribution in [0.3, 0.4) is 0 Å². The largest absolute Gasteiger partial charge is 0.459 e. The molecule has 1 unspecified atom stereocenters. The summed E-state index contributed by atoms with van der Waals surface area (Å²) in [5.41, 5.74) is -0.602. The predicted octanol–water partition coefficient (Wildman–Crippen LogP) is 4.85. The second kappa shape index (κ2) is 6.62. The second-order valence-corrected chi connectivity index (χ2v) is 8.03. The van der Waals surface area contributed by atoms with E-state index in [1.54, 1.807) is 0 Å². The minimum absolute atomic E-state index is 0.0286. The van der Waals surface area contributed by atoms with Crippen LogP contribution in [0.4, 0.5) is 0 Å². The van der Waals surface area contributed by atoms with Gasteiger partial charge in [-0.05, 0) is 56.4 Å². The van der Waals surface area contributed by atoms with E-state index in [0.717, 1.165) is 29.2 Å². The standard InChI is InChI=1S/C22H26O3/c1-21(2,3)25-20(24)22(14-7-6-13-19(22)23)15-17-11-8-10-16-9-4-5-12-18(16)17/h4-5,8-12H,6-7,13-15H2,1-3H3. The molecule has 1 aliphatic carbocycles. The van der Waals surface area contributed by atoms with E-state index in [2.05, 4.69) is 18.2 Å². The van der Waals surface area contributed by atoms with E-state index >= 15 is 0 Å². The molecule has 25 heavy (non-hydrogen) atoms. The number of carbonyl (C=O) groups excluding carboxylic acids is 2. The van der Waals surface area contributed by atoms with Crippen LogP contribution in [0, 0.1) is 5.41 Å². The Kier molecular flexibility index (Phi) is 4.68. The van der Waals surface area contributed by atoms with Crippen LogP contribution in [0.1, 0.15) is 52.0 Å². The topological polar surface area (TPSA) is 43.4 Å². The summed E-state index contributed by atoms with van der Waals surface area (Å²) in [5.74, 6) is -0.335. The molecule has 0 heterocycles. The zero-order valence-corrected chi connectivity index (χ0v) is 15.3. The van der Waals surface area contributed by atoms with Gasteiger partial charge in [0.15, 0.2) is 5.78 Å². The molecule has 3 rings (SSSR count). The first kappa shape index (κ1) is 17.7. The fourth-order valence-electron chi connectivity index (χ4n) is 3.71. The van der Waals surface area contributed by atoms with E-state index in [-0.39, 0.29) is 11.8 Å². The maximum atomic E-state index is 13.0. The van der Waals surface area contributed by atoms with Crippen LogP contribution in [-0.2, 0) is 20.7 Å². The molecule has 2 aromatic rings. The molecule has 0 amide bonds. The Morgan fingerprint density at radius 2 is 1.80 bits per heavy atom. The molecule has 0 N–H and O–H groups in total. The summed E-state index contributed by atoms with van der Waals surface area (Å²) in [7, 11) is 0. The quantitative estimate of drug-likeness (QED) is 0.593. The zero-order chi connectivity index (χ0) is 18.1. The number of esters is 1. The Morgan fingerprint density at radius 1 is 1.08 bits per heavy atom. The molecule has 3 heteroatoms. The maximum Gasteiger partial charge on any atom is 0.320 e. The van der Waals surface area contributed by atoms with Gasteiger partial charge in [0.1, 0.15) is 11.0 Å². The molecule has 0 spiro atoms. The number of hydrogen-bond acceptors (Lipinski definition) is 3. The van der Waals surface area contributed by atoms with Crippen molar-refractivity contribution in [3.05, 3.63) is 48.0 Å². The van der Waals surface area contributed by atoms with Gasteiger partial charge in [-0.15, -0.1) is 0 Å². The molecule has 0 aliphatic heterocycles. The van der Waals surface area contributed by atoms with Gasteiger partial charge in [0.25, 0.3) is 0 Å². The first-order valence-corrected chi connectivity index (χ1v) is 9.05. The van der Waals surface area contributed by atoms with Gasteiger partial charge in [0.05, 0.1) is 0 Å². The first-order valence-electron chi connectivity index (χ1n) is 9.05. The summed E-state index contributed by atoms with van der Waals surface area (Å²) in [6, 6.07) is 14.2. The maximum absolute atomic E-state index is 13.0. The van der Waals surface area contributed by atoms with E-state index in [1.807, 2.05) is 45.0 Å². The van der Waals surface area contributed by atoms with Crippen LogP contribution in [0.25, 0.3) is 10.8 Å². The number of rotatable bonds is 3. The van der Waals surface area contributed by atoms with Crippen molar-refractivity contribution in [3.63, 3.8) is 0 Å². The fraction of sp³-hybridized carbons (Fsp3) is 0.455. The predicted molar refractivity (Wildman–Crippen MR) is 99.4 cm³/mol. The number of Topliss-reactive ketones (excluding diaryl/α,β-unsaturated/α-hetero) is 1. The Labute approximate surface area is 149 Å². The van der Waals surface area contributed by atoms with Crippen LogP contribution in [-0.4, -0.2) is 17.4 Å². The van der Waals surface area contributed by atoms with Gasteiger partial charge in [-0.1, -0.05) is 48.9 Å². The highest BCUT2D eigenvalue weighted by Gasteiger charge is 2.49. The van der Waals surface area contributed by atoms with Crippen LogP contribution < -0.4 is 0 Å². The SMILES string of the molecule is CC(C)(C)OC(=O)C1(Cc2cccc3ccccc23)CCCCC1=O. The molecular weight excluding hydrogens is 312 g/mol. The fourth-order valence-corrected chi connectivity index (χ4v) is 3.71. The van der Waals surface area contributed by atoms with Crippen molar-refractivity contribution in [2.45, 2.75) is 58.5 Å². The number of hydrogen-bond donors (Lipinski definition) is 0. The average molecular weight is 338 g/mol. The lowest BCUT2D eigenvalue weighted by Crippen LogP contribution is -2.47. The molecule has 3 nitrogen and oxygen atoms in total. The molecular formula is C22H26O3. The van der Waals surface area contributed by atoms with Gasteiger partial charge in [0.2, 0.25) is 0 Å². The Bertz CT molecular complexity index is 795. The van der Waals surface area contributed by atoms with Gasteiger partial charge in [-0.2, -0.15) is 0 Å². The van der Waals surface area contributed by atoms with Crippen LogP contribution in [0.15, 0.2) is 42.5 Å². The number of benzene rings is 2. The van der Waals surface area contributed by atoms with Crippen molar-refractivity contribution in [3.8, 4) is 0 Å². The highest BCUT2D eigenvalue weighted by Crippen LogP contribution is 2.40. The molecule has 0 aromatic heterocycles. The van der Waals surface area contributed by atoms with Gasteiger partial charge in [-0.25, -0.2) is 0 Å². The van der Waals surface area contributed by atoms with E-state index < -0.39 is 11.0 Å². The third-order valence-electron chi connectivity index (χ3n) is 4.95. The van der Waals surface area contributed by atoms with Crippen LogP contribution in [0.2, 0.25) is 0 Å². The third-order valence-corrected chi connectivity index (χ3v) is 4.95. The lowest BCUT2D eigenvalue weighted by Gasteiger charge is -2.36. The lowest BCUT2D eigenvalue weighted by molar-refractivity contribution is -0.172. The van der Waals surface area contributed by atoms with E-state index in [1.165, 1.54) is 0 Å². The Hall–Kier alpha value is -2.16. The van der Waals surface area contributed by atoms with Crippen LogP contribution in [0.5, 0.6) is 0 Å². The molecule has 0 saturated heterocycles. The van der Waals surface area contributed by atoms with Crippen molar-refractivity contribution in [1.29, 1.82) is 0 Å². The molecule has 0 radical (unpaired) electrons. The highest BCUT2D eigenvalue weighted by molar-refractivity contribution is 6.05. The minimum Gasteiger partial charge on any atom is -0.459 e. The summed E-state index contributed by atoms with van der Waals surface area (Å²) in [5, 5.41) is 2.23. The number of ether oxygens (including phenoxy) is 1. The molecule has 0 bridgehead atoms. The van der Waals surface area contributed by atoms with Gasteiger partial charge < -0.3 is 4.74 Å². The molecule has 1 atom stereocenters. The zero-order valence-electron chi connectivity index (χ0n) is 15.3. The van der Waals surface area contributed by atoms with Crippen molar-refractivity contribution in [2.75, 3.05) is 0 Å². The summed E-state index contributed by atoms with van der Waals surface area (Å²) in [4.78, 5) is 25.9. The van der Waals surface area contributed by atoms with E-state index in [0.29, 0.717) is 19.3 Å². The van der Waals surface area contributed by atoms with Crippen molar-refractivity contribution in [2.24, 2.45) is 5.41 Å².